The van der Waals surface area contributed by atoms with E-state index in [1.165, 1.54) is 17.8 Å². The van der Waals surface area contributed by atoms with Crippen molar-refractivity contribution in [3.63, 3.8) is 0 Å². The Balaban J connectivity index is 2.21. The molecule has 2 N–H and O–H groups in total. The van der Waals surface area contributed by atoms with Crippen molar-refractivity contribution >= 4 is 29.2 Å². The number of carbonyl (C=O) groups is 1. The molecule has 6 nitrogen and oxygen atoms in total. The highest BCUT2D eigenvalue weighted by Crippen LogP contribution is 2.34. The van der Waals surface area contributed by atoms with Gasteiger partial charge in [0.2, 0.25) is 12.3 Å². The lowest BCUT2D eigenvalue weighted by Crippen LogP contribution is -2.39. The lowest BCUT2D eigenvalue weighted by atomic mass is 10.0. The van der Waals surface area contributed by atoms with Gasteiger partial charge < -0.3 is 15.3 Å². The first kappa shape index (κ1) is 28.0. The number of allylic oxidation sites excluding steroid dienone is 3. The zero-order chi connectivity index (χ0) is 25.1. The molecule has 1 fully saturated rings. The number of amidine groups is 1. The molecule has 9 heteroatoms. The molecule has 0 bridgehead atoms. The van der Waals surface area contributed by atoms with Crippen molar-refractivity contribution in [1.82, 2.24) is 10.2 Å². The van der Waals surface area contributed by atoms with Crippen molar-refractivity contribution in [1.29, 1.82) is 0 Å². The van der Waals surface area contributed by atoms with Gasteiger partial charge in [0.1, 0.15) is 5.84 Å². The Morgan fingerprint density at radius 2 is 2.21 bits per heavy atom. The van der Waals surface area contributed by atoms with Gasteiger partial charge in [0.15, 0.2) is 0 Å². The van der Waals surface area contributed by atoms with Gasteiger partial charge in [-0.2, -0.15) is 0 Å². The monoisotopic (exact) mass is 494 g/mol. The highest BCUT2D eigenvalue weighted by Gasteiger charge is 2.36. The Bertz CT molecular complexity index is 880. The molecular formula is C25H36F2N4O2S. The predicted molar refractivity (Wildman–Crippen MR) is 137 cm³/mol. The standard InChI is InChI=1S/C25H36F2N4O2S/c1-5-8-19(32)11-12-24(33)30-18-14-22-20(21(28-4)9-7-10-23(26)27)15-29-25(31(22)16-18)17(3)34-13-6-2/h6-7,9,13,18-19,23,32H,3,5,8,10-12,14-16H2,1-2,4H3,(H,30,33)/b9-7-,13-6-,28-21+. The van der Waals surface area contributed by atoms with Crippen LogP contribution in [0.5, 0.6) is 0 Å². The Kier molecular flexibility index (Phi) is 11.7. The SMILES string of the molecule is C=C(S/C=C\C)C1=NCC(C(/C=C\CC(F)F)=N/C)=C2CC(NC(=O)CCC(O)CCC)CN12. The summed E-state index contributed by atoms with van der Waals surface area (Å²) in [5, 5.41) is 14.9. The van der Waals surface area contributed by atoms with E-state index in [2.05, 4.69) is 21.8 Å². The van der Waals surface area contributed by atoms with Gasteiger partial charge >= 0.3 is 0 Å². The first-order chi connectivity index (χ1) is 16.3. The fourth-order valence-electron chi connectivity index (χ4n) is 4.00. The molecule has 0 aliphatic carbocycles. The lowest BCUT2D eigenvalue weighted by Gasteiger charge is -2.29. The first-order valence-electron chi connectivity index (χ1n) is 11.7. The number of hydrogen-bond acceptors (Lipinski definition) is 6. The summed E-state index contributed by atoms with van der Waals surface area (Å²) in [7, 11) is 1.63. The second kappa shape index (κ2) is 14.2. The fourth-order valence-corrected chi connectivity index (χ4v) is 4.59. The number of rotatable bonds is 13. The van der Waals surface area contributed by atoms with Gasteiger partial charge in [-0.1, -0.05) is 43.8 Å². The summed E-state index contributed by atoms with van der Waals surface area (Å²) in [6, 6.07) is -0.133. The minimum Gasteiger partial charge on any atom is -0.393 e. The van der Waals surface area contributed by atoms with Crippen LogP contribution in [-0.4, -0.2) is 66.2 Å². The van der Waals surface area contributed by atoms with Crippen molar-refractivity contribution in [2.45, 2.75) is 70.9 Å². The van der Waals surface area contributed by atoms with Crippen LogP contribution in [0.4, 0.5) is 8.78 Å². The van der Waals surface area contributed by atoms with Gasteiger partial charge in [0, 0.05) is 49.0 Å². The van der Waals surface area contributed by atoms with Crippen molar-refractivity contribution < 1.29 is 18.7 Å². The molecule has 0 aromatic rings. The van der Waals surface area contributed by atoms with Crippen LogP contribution in [0.1, 0.15) is 52.4 Å². The fraction of sp³-hybridized carbons (Fsp3) is 0.560. The number of nitrogens with one attached hydrogen (secondary N) is 1. The van der Waals surface area contributed by atoms with Crippen molar-refractivity contribution in [3.05, 3.63) is 46.4 Å². The number of halogens is 2. The average molecular weight is 495 g/mol. The Labute approximate surface area is 205 Å². The zero-order valence-electron chi connectivity index (χ0n) is 20.3. The molecule has 0 aromatic carbocycles. The smallest absolute Gasteiger partial charge is 0.242 e. The van der Waals surface area contributed by atoms with Crippen LogP contribution in [0, 0.1) is 0 Å². The number of nitrogens with zero attached hydrogens (tertiary/aromatic N) is 3. The maximum Gasteiger partial charge on any atom is 0.242 e. The number of carbonyl (C=O) groups excluding carboxylic acids is 1. The van der Waals surface area contributed by atoms with Gasteiger partial charge in [0.05, 0.1) is 24.4 Å². The van der Waals surface area contributed by atoms with Crippen LogP contribution in [-0.2, 0) is 4.79 Å². The van der Waals surface area contributed by atoms with Gasteiger partial charge in [-0.05, 0) is 31.2 Å². The van der Waals surface area contributed by atoms with Gasteiger partial charge in [-0.3, -0.25) is 14.8 Å². The quantitative estimate of drug-likeness (QED) is 0.359. The molecule has 34 heavy (non-hydrogen) atoms. The maximum absolute atomic E-state index is 12.6. The number of fused-ring (bicyclic) bond motifs is 1. The van der Waals surface area contributed by atoms with Crippen molar-refractivity contribution in [2.75, 3.05) is 20.1 Å². The molecule has 2 aliphatic rings. The Morgan fingerprint density at radius 1 is 1.44 bits per heavy atom. The van der Waals surface area contributed by atoms with Crippen LogP contribution in [0.25, 0.3) is 0 Å². The Morgan fingerprint density at radius 3 is 2.85 bits per heavy atom. The van der Waals surface area contributed by atoms with Crippen LogP contribution in [0.2, 0.25) is 0 Å². The summed E-state index contributed by atoms with van der Waals surface area (Å²) in [5.74, 6) is 0.660. The van der Waals surface area contributed by atoms with E-state index in [0.717, 1.165) is 28.4 Å². The van der Waals surface area contributed by atoms with Crippen molar-refractivity contribution in [2.24, 2.45) is 9.98 Å². The van der Waals surface area contributed by atoms with E-state index < -0.39 is 12.5 Å². The second-order valence-corrected chi connectivity index (χ2v) is 9.27. The van der Waals surface area contributed by atoms with E-state index in [-0.39, 0.29) is 24.8 Å². The number of hydrogen-bond donors (Lipinski definition) is 2. The van der Waals surface area contributed by atoms with E-state index in [0.29, 0.717) is 38.1 Å². The summed E-state index contributed by atoms with van der Waals surface area (Å²) < 4.78 is 25.2. The van der Waals surface area contributed by atoms with Crippen LogP contribution in [0.15, 0.2) is 56.4 Å². The molecule has 1 saturated heterocycles. The molecule has 2 rings (SSSR count). The predicted octanol–water partition coefficient (Wildman–Crippen LogP) is 4.85. The third kappa shape index (κ3) is 8.20. The highest BCUT2D eigenvalue weighted by atomic mass is 32.2. The van der Waals surface area contributed by atoms with E-state index >= 15 is 0 Å². The molecule has 0 spiro atoms. The number of aliphatic imine (C=N–C) groups is 2. The summed E-state index contributed by atoms with van der Waals surface area (Å²) in [4.78, 5) is 24.4. The molecule has 1 amide bonds. The first-order valence-corrected chi connectivity index (χ1v) is 12.6. The van der Waals surface area contributed by atoms with Gasteiger partial charge in [0.25, 0.3) is 0 Å². The molecule has 0 radical (unpaired) electrons. The summed E-state index contributed by atoms with van der Waals surface area (Å²) in [5.41, 5.74) is 2.46. The van der Waals surface area contributed by atoms with Gasteiger partial charge in [-0.25, -0.2) is 8.78 Å². The van der Waals surface area contributed by atoms with E-state index in [4.69, 9.17) is 4.99 Å². The molecule has 0 saturated carbocycles. The van der Waals surface area contributed by atoms with E-state index in [1.54, 1.807) is 13.1 Å². The number of amides is 1. The molecule has 0 aromatic heterocycles. The number of thioether (sulfide) groups is 1. The molecule has 2 aliphatic heterocycles. The molecule has 188 valence electrons. The van der Waals surface area contributed by atoms with Crippen LogP contribution in [0.3, 0.4) is 0 Å². The summed E-state index contributed by atoms with van der Waals surface area (Å²) in [6.07, 6.45) is 4.63. The molecule has 2 atom stereocenters. The third-order valence-corrected chi connectivity index (χ3v) is 6.46. The minimum absolute atomic E-state index is 0.0935. The van der Waals surface area contributed by atoms with Crippen LogP contribution < -0.4 is 5.32 Å². The summed E-state index contributed by atoms with van der Waals surface area (Å²) >= 11 is 1.48. The topological polar surface area (TPSA) is 77.3 Å². The molecular weight excluding hydrogens is 458 g/mol. The van der Waals surface area contributed by atoms with E-state index in [9.17, 15) is 18.7 Å². The number of aliphatic hydroxyl groups excluding tert-OH is 1. The minimum atomic E-state index is -2.41. The molecule has 2 unspecified atom stereocenters. The van der Waals surface area contributed by atoms with Gasteiger partial charge in [-0.15, -0.1) is 0 Å². The second-order valence-electron chi connectivity index (χ2n) is 8.27. The van der Waals surface area contributed by atoms with E-state index in [1.807, 2.05) is 25.3 Å². The normalized spacial score (nSPS) is 19.9. The average Bonchev–Trinajstić information content (AvgIpc) is 3.22. The van der Waals surface area contributed by atoms with Crippen molar-refractivity contribution in [3.8, 4) is 0 Å². The lowest BCUT2D eigenvalue weighted by molar-refractivity contribution is -0.122. The highest BCUT2D eigenvalue weighted by molar-refractivity contribution is 8.06. The summed E-state index contributed by atoms with van der Waals surface area (Å²) in [6.45, 7) is 9.00. The van der Waals surface area contributed by atoms with Crippen LogP contribution >= 0.6 is 11.8 Å². The largest absolute Gasteiger partial charge is 0.393 e. The third-order valence-electron chi connectivity index (χ3n) is 5.59. The Hall–Kier alpha value is -2.26. The molecule has 2 heterocycles. The maximum atomic E-state index is 12.6. The number of alkyl halides is 2. The zero-order valence-corrected chi connectivity index (χ0v) is 21.1. The number of aliphatic hydroxyl groups is 1.